The van der Waals surface area contributed by atoms with Crippen molar-refractivity contribution in [3.8, 4) is 0 Å². The largest absolute Gasteiger partial charge is 0.381 e. The van der Waals surface area contributed by atoms with Crippen molar-refractivity contribution in [3.63, 3.8) is 0 Å². The van der Waals surface area contributed by atoms with Crippen molar-refractivity contribution in [2.45, 2.75) is 89.6 Å². The van der Waals surface area contributed by atoms with E-state index in [1.54, 1.807) is 0 Å². The van der Waals surface area contributed by atoms with Crippen LogP contribution >= 0.6 is 0 Å². The second-order valence-electron chi connectivity index (χ2n) is 9.20. The molecule has 2 saturated carbocycles. The van der Waals surface area contributed by atoms with Crippen molar-refractivity contribution in [1.82, 2.24) is 0 Å². The van der Waals surface area contributed by atoms with Crippen LogP contribution in [0.2, 0.25) is 0 Å². The number of ether oxygens (including phenoxy) is 1. The number of rotatable bonds is 4. The average Bonchev–Trinajstić information content (AvgIpc) is 2.68. The summed E-state index contributed by atoms with van der Waals surface area (Å²) in [4.78, 5) is 0. The summed E-state index contributed by atoms with van der Waals surface area (Å²) >= 11 is 0. The van der Waals surface area contributed by atoms with Crippen LogP contribution in [-0.4, -0.2) is 13.2 Å². The minimum absolute atomic E-state index is 0.159. The summed E-state index contributed by atoms with van der Waals surface area (Å²) in [5.74, 6) is 2.95. The topological polar surface area (TPSA) is 9.23 Å². The van der Waals surface area contributed by atoms with E-state index in [1.807, 2.05) is 7.11 Å². The van der Waals surface area contributed by atoms with Gasteiger partial charge in [0.25, 0.3) is 0 Å². The molecule has 26 heavy (non-hydrogen) atoms. The van der Waals surface area contributed by atoms with E-state index in [0.717, 1.165) is 48.1 Å². The Morgan fingerprint density at radius 2 is 1.85 bits per heavy atom. The van der Waals surface area contributed by atoms with Crippen LogP contribution in [0.1, 0.15) is 87.3 Å². The second kappa shape index (κ2) is 8.00. The standard InChI is InChI=1S/C24H35FO/c1-3-4-16-5-11-22-19(13-16)9-12-23(24(22)25)20-7-6-18-15-21(26-2)10-8-17(18)14-20/h9,12,16-18,20-21H,3-8,10-11,13-15H2,1-2H3. The fourth-order valence-corrected chi connectivity index (χ4v) is 6.21. The van der Waals surface area contributed by atoms with Gasteiger partial charge in [-0.15, -0.1) is 0 Å². The van der Waals surface area contributed by atoms with Crippen molar-refractivity contribution in [2.24, 2.45) is 17.8 Å². The first-order valence-electron chi connectivity index (χ1n) is 11.0. The third kappa shape index (κ3) is 3.59. The first-order valence-corrected chi connectivity index (χ1v) is 11.0. The molecule has 144 valence electrons. The fourth-order valence-electron chi connectivity index (χ4n) is 6.21. The zero-order valence-electron chi connectivity index (χ0n) is 16.6. The predicted molar refractivity (Wildman–Crippen MR) is 105 cm³/mol. The van der Waals surface area contributed by atoms with Gasteiger partial charge in [-0.3, -0.25) is 0 Å². The van der Waals surface area contributed by atoms with Crippen LogP contribution in [0.3, 0.4) is 0 Å². The Morgan fingerprint density at radius 3 is 2.65 bits per heavy atom. The zero-order chi connectivity index (χ0) is 18.1. The van der Waals surface area contributed by atoms with Crippen LogP contribution in [0.25, 0.3) is 0 Å². The summed E-state index contributed by atoms with van der Waals surface area (Å²) in [7, 11) is 1.85. The SMILES string of the molecule is CCCC1CCc2c(ccc(C3CCC4CC(OC)CCC4C3)c2F)C1. The van der Waals surface area contributed by atoms with Crippen LogP contribution in [0.15, 0.2) is 12.1 Å². The van der Waals surface area contributed by atoms with Gasteiger partial charge in [0.05, 0.1) is 6.10 Å². The molecule has 5 unspecified atom stereocenters. The highest BCUT2D eigenvalue weighted by Crippen LogP contribution is 2.47. The average molecular weight is 359 g/mol. The molecule has 3 aliphatic carbocycles. The van der Waals surface area contributed by atoms with Gasteiger partial charge >= 0.3 is 0 Å². The maximum Gasteiger partial charge on any atom is 0.130 e. The van der Waals surface area contributed by atoms with Gasteiger partial charge in [-0.2, -0.15) is 0 Å². The molecule has 4 rings (SSSR count). The molecule has 0 bridgehead atoms. The van der Waals surface area contributed by atoms with Gasteiger partial charge in [0, 0.05) is 7.11 Å². The summed E-state index contributed by atoms with van der Waals surface area (Å²) in [6, 6.07) is 4.41. The molecule has 0 aliphatic heterocycles. The number of halogens is 1. The molecule has 0 amide bonds. The summed E-state index contributed by atoms with van der Waals surface area (Å²) < 4.78 is 21.0. The third-order valence-electron chi connectivity index (χ3n) is 7.72. The van der Waals surface area contributed by atoms with Crippen LogP contribution in [-0.2, 0) is 17.6 Å². The Balaban J connectivity index is 1.48. The van der Waals surface area contributed by atoms with Gasteiger partial charge in [0.2, 0.25) is 0 Å². The molecule has 1 aromatic carbocycles. The summed E-state index contributed by atoms with van der Waals surface area (Å²) in [6.45, 7) is 2.26. The Bertz CT molecular complexity index is 625. The van der Waals surface area contributed by atoms with Crippen LogP contribution < -0.4 is 0 Å². The Labute approximate surface area is 158 Å². The molecule has 1 aromatic rings. The lowest BCUT2D eigenvalue weighted by Gasteiger charge is -2.42. The lowest BCUT2D eigenvalue weighted by molar-refractivity contribution is 0.0121. The van der Waals surface area contributed by atoms with Gasteiger partial charge < -0.3 is 4.74 Å². The Kier molecular flexibility index (Phi) is 5.69. The normalized spacial score (nSPS) is 34.2. The fraction of sp³-hybridized carbons (Fsp3) is 0.750. The van der Waals surface area contributed by atoms with E-state index in [1.165, 1.54) is 56.9 Å². The van der Waals surface area contributed by atoms with Gasteiger partial charge in [-0.05, 0) is 98.1 Å². The number of hydrogen-bond acceptors (Lipinski definition) is 1. The molecule has 0 heterocycles. The highest BCUT2D eigenvalue weighted by atomic mass is 19.1. The number of methoxy groups -OCH3 is 1. The lowest BCUT2D eigenvalue weighted by atomic mass is 9.65. The minimum Gasteiger partial charge on any atom is -0.381 e. The van der Waals surface area contributed by atoms with E-state index >= 15 is 4.39 Å². The van der Waals surface area contributed by atoms with E-state index in [0.29, 0.717) is 12.0 Å². The summed E-state index contributed by atoms with van der Waals surface area (Å²) in [5.41, 5.74) is 3.38. The number of hydrogen-bond donors (Lipinski definition) is 0. The zero-order valence-corrected chi connectivity index (χ0v) is 16.6. The second-order valence-corrected chi connectivity index (χ2v) is 9.20. The molecule has 0 N–H and O–H groups in total. The molecule has 0 aromatic heterocycles. The summed E-state index contributed by atoms with van der Waals surface area (Å²) in [6.07, 6.45) is 13.5. The molecule has 0 radical (unpaired) electrons. The van der Waals surface area contributed by atoms with Crippen molar-refractivity contribution in [1.29, 1.82) is 0 Å². The molecular weight excluding hydrogens is 323 g/mol. The summed E-state index contributed by atoms with van der Waals surface area (Å²) in [5, 5.41) is 0. The molecule has 0 saturated heterocycles. The van der Waals surface area contributed by atoms with Crippen LogP contribution in [0.4, 0.5) is 4.39 Å². The quantitative estimate of drug-likeness (QED) is 0.602. The van der Waals surface area contributed by atoms with Crippen molar-refractivity contribution in [3.05, 3.63) is 34.6 Å². The minimum atomic E-state index is 0.159. The van der Waals surface area contributed by atoms with Crippen LogP contribution in [0, 0.1) is 23.6 Å². The van der Waals surface area contributed by atoms with Crippen molar-refractivity contribution < 1.29 is 9.13 Å². The maximum absolute atomic E-state index is 15.4. The predicted octanol–water partition coefficient (Wildman–Crippen LogP) is 6.43. The number of benzene rings is 1. The Hall–Kier alpha value is -0.890. The van der Waals surface area contributed by atoms with Gasteiger partial charge in [0.15, 0.2) is 0 Å². The smallest absolute Gasteiger partial charge is 0.130 e. The van der Waals surface area contributed by atoms with E-state index in [9.17, 15) is 0 Å². The first-order chi connectivity index (χ1) is 12.7. The van der Waals surface area contributed by atoms with E-state index < -0.39 is 0 Å². The van der Waals surface area contributed by atoms with Gasteiger partial charge in [-0.1, -0.05) is 31.9 Å². The van der Waals surface area contributed by atoms with Crippen LogP contribution in [0.5, 0.6) is 0 Å². The van der Waals surface area contributed by atoms with E-state index in [-0.39, 0.29) is 5.82 Å². The van der Waals surface area contributed by atoms with Crippen molar-refractivity contribution >= 4 is 0 Å². The molecule has 1 nitrogen and oxygen atoms in total. The monoisotopic (exact) mass is 358 g/mol. The van der Waals surface area contributed by atoms with Gasteiger partial charge in [-0.25, -0.2) is 4.39 Å². The highest BCUT2D eigenvalue weighted by Gasteiger charge is 2.37. The molecule has 0 spiro atoms. The molecule has 2 heteroatoms. The van der Waals surface area contributed by atoms with Gasteiger partial charge in [0.1, 0.15) is 5.82 Å². The van der Waals surface area contributed by atoms with E-state index in [2.05, 4.69) is 19.1 Å². The lowest BCUT2D eigenvalue weighted by Crippen LogP contribution is -2.33. The molecular formula is C24H35FO. The molecule has 2 fully saturated rings. The van der Waals surface area contributed by atoms with E-state index in [4.69, 9.17) is 4.74 Å². The number of fused-ring (bicyclic) bond motifs is 2. The molecule has 5 atom stereocenters. The highest BCUT2D eigenvalue weighted by molar-refractivity contribution is 5.38. The third-order valence-corrected chi connectivity index (χ3v) is 7.72. The van der Waals surface area contributed by atoms with Crippen molar-refractivity contribution in [2.75, 3.05) is 7.11 Å². The molecule has 3 aliphatic rings. The Morgan fingerprint density at radius 1 is 1.04 bits per heavy atom. The first kappa shape index (κ1) is 18.5. The maximum atomic E-state index is 15.4.